The largest absolute Gasteiger partial charge is 0.313 e. The predicted octanol–water partition coefficient (Wildman–Crippen LogP) is 3.12. The first-order valence-electron chi connectivity index (χ1n) is 7.43. The molecule has 4 rings (SSSR count). The number of rotatable bonds is 2. The number of carbonyl (C=O) groups excluding carboxylic acids is 1. The quantitative estimate of drug-likeness (QED) is 0.673. The van der Waals surface area contributed by atoms with Crippen LogP contribution in [0.4, 0.5) is 0 Å². The van der Waals surface area contributed by atoms with E-state index >= 15 is 0 Å². The third-order valence-corrected chi connectivity index (χ3v) is 5.65. The number of nitrogens with zero attached hydrogens (tertiary/aromatic N) is 1. The summed E-state index contributed by atoms with van der Waals surface area (Å²) < 4.78 is 0. The Labute approximate surface area is 129 Å². The zero-order valence-corrected chi connectivity index (χ0v) is 12.7. The van der Waals surface area contributed by atoms with E-state index in [9.17, 15) is 4.79 Å². The van der Waals surface area contributed by atoms with Gasteiger partial charge >= 0.3 is 0 Å². The molecule has 1 fully saturated rings. The van der Waals surface area contributed by atoms with Gasteiger partial charge in [0.1, 0.15) is 0 Å². The van der Waals surface area contributed by atoms with Crippen molar-refractivity contribution in [1.82, 2.24) is 5.43 Å². The monoisotopic (exact) mass is 300 g/mol. The van der Waals surface area contributed by atoms with E-state index in [1.807, 2.05) is 12.3 Å². The molecule has 108 valence electrons. The van der Waals surface area contributed by atoms with E-state index in [4.69, 9.17) is 11.6 Å². The van der Waals surface area contributed by atoms with E-state index in [2.05, 4.69) is 22.7 Å². The van der Waals surface area contributed by atoms with E-state index in [0.717, 1.165) is 42.4 Å². The Kier molecular flexibility index (Phi) is 2.77. The van der Waals surface area contributed by atoms with Crippen molar-refractivity contribution in [3.8, 4) is 0 Å². The van der Waals surface area contributed by atoms with Gasteiger partial charge in [-0.3, -0.25) is 4.79 Å². The van der Waals surface area contributed by atoms with E-state index in [-0.39, 0.29) is 17.1 Å². The summed E-state index contributed by atoms with van der Waals surface area (Å²) in [6.45, 7) is 0. The maximum Gasteiger partial charge on any atom is 0.177 e. The van der Waals surface area contributed by atoms with Crippen LogP contribution in [0.2, 0.25) is 0 Å². The first kappa shape index (κ1) is 13.1. The van der Waals surface area contributed by atoms with Gasteiger partial charge in [0.15, 0.2) is 5.78 Å². The second-order valence-corrected chi connectivity index (χ2v) is 6.68. The molecule has 0 radical (unpaired) electrons. The molecule has 0 heterocycles. The molecule has 2 atom stereocenters. The van der Waals surface area contributed by atoms with Gasteiger partial charge in [-0.1, -0.05) is 29.8 Å². The van der Waals surface area contributed by atoms with Crippen LogP contribution in [-0.2, 0) is 11.2 Å². The van der Waals surface area contributed by atoms with E-state index in [1.54, 1.807) is 7.05 Å². The molecule has 1 aromatic rings. The van der Waals surface area contributed by atoms with Crippen LogP contribution in [0.1, 0.15) is 36.0 Å². The van der Waals surface area contributed by atoms with Gasteiger partial charge in [0.05, 0.1) is 11.2 Å². The van der Waals surface area contributed by atoms with Gasteiger partial charge in [0.2, 0.25) is 0 Å². The number of nitrogens with one attached hydrogen (secondary N) is 1. The van der Waals surface area contributed by atoms with Crippen LogP contribution < -0.4 is 5.43 Å². The van der Waals surface area contributed by atoms with Crippen molar-refractivity contribution < 1.29 is 4.79 Å². The Morgan fingerprint density at radius 1 is 1.48 bits per heavy atom. The molecule has 2 bridgehead atoms. The normalized spacial score (nSPS) is 30.0. The molecular formula is C17H17ClN2O. The Balaban J connectivity index is 1.93. The van der Waals surface area contributed by atoms with Gasteiger partial charge in [-0.2, -0.15) is 5.10 Å². The Bertz CT molecular complexity index is 707. The van der Waals surface area contributed by atoms with Crippen molar-refractivity contribution in [3.63, 3.8) is 0 Å². The van der Waals surface area contributed by atoms with E-state index in [1.165, 1.54) is 5.56 Å². The minimum absolute atomic E-state index is 0.0988. The molecule has 1 N–H and O–H groups in total. The van der Waals surface area contributed by atoms with Gasteiger partial charge in [0.25, 0.3) is 0 Å². The summed E-state index contributed by atoms with van der Waals surface area (Å²) in [5, 5.41) is 4.63. The van der Waals surface area contributed by atoms with Gasteiger partial charge < -0.3 is 5.43 Å². The number of carbonyl (C=O) groups is 1. The summed E-state index contributed by atoms with van der Waals surface area (Å²) in [4.78, 5) is 12.4. The molecule has 0 amide bonds. The van der Waals surface area contributed by atoms with Crippen LogP contribution in [0.15, 0.2) is 28.3 Å². The second kappa shape index (κ2) is 4.44. The van der Waals surface area contributed by atoms with Gasteiger partial charge in [-0.15, -0.1) is 0 Å². The zero-order chi connectivity index (χ0) is 14.6. The average molecular weight is 301 g/mol. The number of hydrogen-bond donors (Lipinski definition) is 1. The van der Waals surface area contributed by atoms with Crippen LogP contribution in [0, 0.1) is 11.3 Å². The fraction of sp³-hybridized carbons (Fsp3) is 0.412. The van der Waals surface area contributed by atoms with Gasteiger partial charge in [0, 0.05) is 18.4 Å². The first-order valence-corrected chi connectivity index (χ1v) is 7.80. The molecule has 3 nitrogen and oxygen atoms in total. The van der Waals surface area contributed by atoms with Gasteiger partial charge in [-0.25, -0.2) is 0 Å². The molecule has 3 aliphatic rings. The summed E-state index contributed by atoms with van der Waals surface area (Å²) >= 11 is 6.46. The number of hydrogen-bond acceptors (Lipinski definition) is 3. The number of hydrazone groups is 1. The number of allylic oxidation sites excluding steroid dienone is 2. The van der Waals surface area contributed by atoms with Crippen LogP contribution in [0.25, 0.3) is 5.57 Å². The Hall–Kier alpha value is -1.61. The molecule has 0 aromatic heterocycles. The third kappa shape index (κ3) is 1.67. The van der Waals surface area contributed by atoms with Crippen molar-refractivity contribution in [3.05, 3.63) is 39.9 Å². The molecule has 21 heavy (non-hydrogen) atoms. The summed E-state index contributed by atoms with van der Waals surface area (Å²) in [6.07, 6.45) is 5.87. The lowest BCUT2D eigenvalue weighted by atomic mass is 9.74. The van der Waals surface area contributed by atoms with Crippen molar-refractivity contribution in [2.75, 3.05) is 7.05 Å². The highest BCUT2D eigenvalue weighted by Gasteiger charge is 2.54. The molecular weight excluding hydrogens is 284 g/mol. The van der Waals surface area contributed by atoms with Crippen molar-refractivity contribution >= 4 is 29.2 Å². The first-order chi connectivity index (χ1) is 10.2. The lowest BCUT2D eigenvalue weighted by Crippen LogP contribution is -2.26. The summed E-state index contributed by atoms with van der Waals surface area (Å²) in [5.41, 5.74) is 7.58. The molecule has 1 spiro atoms. The lowest BCUT2D eigenvalue weighted by molar-refractivity contribution is -0.118. The number of fused-ring (bicyclic) bond motifs is 3. The zero-order valence-electron chi connectivity index (χ0n) is 11.9. The highest BCUT2D eigenvalue weighted by Crippen LogP contribution is 2.62. The highest BCUT2D eigenvalue weighted by atomic mass is 35.5. The summed E-state index contributed by atoms with van der Waals surface area (Å²) in [6, 6.07) is 6.21. The van der Waals surface area contributed by atoms with Gasteiger partial charge in [-0.05, 0) is 47.9 Å². The predicted molar refractivity (Wildman–Crippen MR) is 84.4 cm³/mol. The maximum atomic E-state index is 12.4. The smallest absolute Gasteiger partial charge is 0.177 e. The molecule has 1 aromatic carbocycles. The van der Waals surface area contributed by atoms with Crippen molar-refractivity contribution in [1.29, 1.82) is 0 Å². The lowest BCUT2D eigenvalue weighted by Gasteiger charge is -2.30. The Morgan fingerprint density at radius 2 is 2.33 bits per heavy atom. The summed E-state index contributed by atoms with van der Waals surface area (Å²) in [5.74, 6) is 0.298. The third-order valence-electron chi connectivity index (χ3n) is 5.27. The topological polar surface area (TPSA) is 41.5 Å². The van der Waals surface area contributed by atoms with Crippen LogP contribution in [0.5, 0.6) is 0 Å². The fourth-order valence-corrected chi connectivity index (χ4v) is 4.85. The van der Waals surface area contributed by atoms with Crippen molar-refractivity contribution in [2.24, 2.45) is 16.4 Å². The molecule has 4 heteroatoms. The number of Topliss-reactive ketones (excluding diaryl/α,β-unsaturated/α-hetero) is 1. The fourth-order valence-electron chi connectivity index (χ4n) is 4.39. The second-order valence-electron chi connectivity index (χ2n) is 6.31. The highest BCUT2D eigenvalue weighted by molar-refractivity contribution is 6.46. The molecule has 1 saturated carbocycles. The Morgan fingerprint density at radius 3 is 3.14 bits per heavy atom. The number of halogens is 1. The number of benzene rings is 1. The SMILES string of the molecule is CN/N=C\c1cccc2c1CC13CCC(C1)C(=O)C(Cl)=C23. The number of ketones is 1. The average Bonchev–Trinajstić information content (AvgIpc) is 3.03. The molecule has 3 aliphatic carbocycles. The molecule has 0 aliphatic heterocycles. The minimum Gasteiger partial charge on any atom is -0.313 e. The van der Waals surface area contributed by atoms with Crippen molar-refractivity contribution in [2.45, 2.75) is 25.7 Å². The van der Waals surface area contributed by atoms with Crippen LogP contribution in [0.3, 0.4) is 0 Å². The molecule has 2 unspecified atom stereocenters. The maximum absolute atomic E-state index is 12.4. The van der Waals surface area contributed by atoms with E-state index < -0.39 is 0 Å². The molecule has 0 saturated heterocycles. The summed E-state index contributed by atoms with van der Waals surface area (Å²) in [7, 11) is 1.79. The van der Waals surface area contributed by atoms with E-state index in [0.29, 0.717) is 5.03 Å². The van der Waals surface area contributed by atoms with Crippen LogP contribution >= 0.6 is 11.6 Å². The standard InChI is InChI=1S/C17H17ClN2O/c1-19-20-9-11-3-2-4-12-13(11)8-17-6-5-10(7-17)16(21)15(18)14(12)17/h2-4,9-10,19H,5-8H2,1H3/b20-9-. The van der Waals surface area contributed by atoms with Crippen LogP contribution in [-0.4, -0.2) is 19.0 Å². The minimum atomic E-state index is 0.0988.